The fourth-order valence-electron chi connectivity index (χ4n) is 4.17. The molecule has 2 saturated heterocycles. The first-order valence-corrected chi connectivity index (χ1v) is 8.63. The van der Waals surface area contributed by atoms with E-state index in [1.165, 1.54) is 0 Å². The zero-order chi connectivity index (χ0) is 16.9. The lowest BCUT2D eigenvalue weighted by molar-refractivity contribution is -0.135. The second kappa shape index (κ2) is 5.36. The van der Waals surface area contributed by atoms with Gasteiger partial charge in [-0.2, -0.15) is 5.10 Å². The zero-order valence-electron chi connectivity index (χ0n) is 14.2. The third-order valence-corrected chi connectivity index (χ3v) is 5.50. The normalized spacial score (nSPS) is 24.0. The van der Waals surface area contributed by atoms with Crippen LogP contribution in [-0.4, -0.2) is 62.0 Å². The third kappa shape index (κ3) is 2.07. The highest BCUT2D eigenvalue weighted by atomic mass is 16.2. The second-order valence-corrected chi connectivity index (χ2v) is 7.03. The molecule has 0 saturated carbocycles. The summed E-state index contributed by atoms with van der Waals surface area (Å²) in [7, 11) is 1.91. The number of carbonyl (C=O) groups excluding carboxylic acids is 2. The molecule has 2 aromatic rings. The predicted molar refractivity (Wildman–Crippen MR) is 88.6 cm³/mol. The van der Waals surface area contributed by atoms with E-state index < -0.39 is 0 Å². The van der Waals surface area contributed by atoms with Gasteiger partial charge in [0.05, 0.1) is 11.6 Å². The van der Waals surface area contributed by atoms with Crippen molar-refractivity contribution >= 4 is 17.5 Å². The molecule has 2 fully saturated rings. The average Bonchev–Trinajstić information content (AvgIpc) is 3.31. The number of imidazole rings is 1. The Morgan fingerprint density at radius 3 is 2.88 bits per heavy atom. The Bertz CT molecular complexity index is 807. The summed E-state index contributed by atoms with van der Waals surface area (Å²) in [5.74, 6) is 0.212. The number of nitrogens with zero attached hydrogens (tertiary/aromatic N) is 5. The summed E-state index contributed by atoms with van der Waals surface area (Å²) in [4.78, 5) is 29.5. The van der Waals surface area contributed by atoms with Crippen molar-refractivity contribution in [3.8, 4) is 0 Å². The van der Waals surface area contributed by atoms with Crippen LogP contribution >= 0.6 is 0 Å². The average molecular weight is 329 g/mol. The van der Waals surface area contributed by atoms with Crippen LogP contribution < -0.4 is 0 Å². The molecule has 24 heavy (non-hydrogen) atoms. The van der Waals surface area contributed by atoms with Gasteiger partial charge in [0.25, 0.3) is 5.91 Å². The number of carbonyl (C=O) groups is 2. The molecule has 4 heterocycles. The van der Waals surface area contributed by atoms with Gasteiger partial charge >= 0.3 is 0 Å². The number of likely N-dealkylation sites (tertiary alicyclic amines) is 2. The lowest BCUT2D eigenvalue weighted by Gasteiger charge is -2.23. The summed E-state index contributed by atoms with van der Waals surface area (Å²) in [6.07, 6.45) is 7.96. The van der Waals surface area contributed by atoms with Crippen LogP contribution in [0.25, 0.3) is 5.65 Å². The lowest BCUT2D eigenvalue weighted by atomic mass is 9.85. The maximum Gasteiger partial charge on any atom is 0.259 e. The van der Waals surface area contributed by atoms with Crippen molar-refractivity contribution in [2.45, 2.75) is 26.2 Å². The Morgan fingerprint density at radius 1 is 1.29 bits per heavy atom. The molecule has 2 aromatic heterocycles. The van der Waals surface area contributed by atoms with E-state index in [-0.39, 0.29) is 17.2 Å². The van der Waals surface area contributed by atoms with Crippen LogP contribution in [0.5, 0.6) is 0 Å². The maximum atomic E-state index is 13.0. The van der Waals surface area contributed by atoms with Gasteiger partial charge in [-0.05, 0) is 19.3 Å². The number of fused-ring (bicyclic) bond motifs is 1. The van der Waals surface area contributed by atoms with Crippen LogP contribution in [0, 0.1) is 5.41 Å². The van der Waals surface area contributed by atoms with Gasteiger partial charge in [0.15, 0.2) is 0 Å². The van der Waals surface area contributed by atoms with E-state index in [1.807, 2.05) is 33.8 Å². The smallest absolute Gasteiger partial charge is 0.259 e. The van der Waals surface area contributed by atoms with E-state index in [9.17, 15) is 9.59 Å². The molecule has 0 aliphatic carbocycles. The molecule has 2 aliphatic heterocycles. The third-order valence-electron chi connectivity index (χ3n) is 5.50. The quantitative estimate of drug-likeness (QED) is 0.848. The molecular formula is C17H23N5O2. The second-order valence-electron chi connectivity index (χ2n) is 7.03. The van der Waals surface area contributed by atoms with Crippen molar-refractivity contribution in [2.75, 3.05) is 26.2 Å². The van der Waals surface area contributed by atoms with E-state index >= 15 is 0 Å². The molecule has 0 N–H and O–H groups in total. The van der Waals surface area contributed by atoms with Crippen molar-refractivity contribution in [3.63, 3.8) is 0 Å². The molecule has 1 spiro atoms. The molecule has 7 heteroatoms. The Morgan fingerprint density at radius 2 is 2.08 bits per heavy atom. The SMILES string of the molecule is CCCN1CCC2(CCN(C(=O)c3cnn4ccn(C)c34)C2)C1=O. The first-order chi connectivity index (χ1) is 11.6. The van der Waals surface area contributed by atoms with Crippen molar-refractivity contribution in [1.82, 2.24) is 24.0 Å². The van der Waals surface area contributed by atoms with Crippen molar-refractivity contribution < 1.29 is 9.59 Å². The van der Waals surface area contributed by atoms with Gasteiger partial charge in [0, 0.05) is 45.6 Å². The highest BCUT2D eigenvalue weighted by Crippen LogP contribution is 2.41. The summed E-state index contributed by atoms with van der Waals surface area (Å²) in [6.45, 7) is 4.92. The summed E-state index contributed by atoms with van der Waals surface area (Å²) >= 11 is 0. The van der Waals surface area contributed by atoms with Crippen LogP contribution in [0.3, 0.4) is 0 Å². The zero-order valence-corrected chi connectivity index (χ0v) is 14.2. The maximum absolute atomic E-state index is 13.0. The lowest BCUT2D eigenvalue weighted by Crippen LogP contribution is -2.38. The first kappa shape index (κ1) is 15.2. The molecule has 1 unspecified atom stereocenters. The van der Waals surface area contributed by atoms with Crippen LogP contribution in [0.2, 0.25) is 0 Å². The molecule has 4 rings (SSSR count). The van der Waals surface area contributed by atoms with Crippen LogP contribution in [0.1, 0.15) is 36.5 Å². The Kier molecular flexibility index (Phi) is 3.40. The molecule has 7 nitrogen and oxygen atoms in total. The number of hydrogen-bond donors (Lipinski definition) is 0. The molecule has 2 aliphatic rings. The Balaban J connectivity index is 1.56. The summed E-state index contributed by atoms with van der Waals surface area (Å²) in [5, 5.41) is 4.25. The van der Waals surface area contributed by atoms with Crippen molar-refractivity contribution in [3.05, 3.63) is 24.2 Å². The van der Waals surface area contributed by atoms with Gasteiger partial charge < -0.3 is 14.4 Å². The minimum Gasteiger partial charge on any atom is -0.342 e. The Hall–Kier alpha value is -2.31. The topological polar surface area (TPSA) is 62.8 Å². The number of rotatable bonds is 3. The van der Waals surface area contributed by atoms with E-state index in [4.69, 9.17) is 0 Å². The summed E-state index contributed by atoms with van der Waals surface area (Å²) in [5.41, 5.74) is 1.05. The van der Waals surface area contributed by atoms with E-state index in [0.29, 0.717) is 18.7 Å². The monoisotopic (exact) mass is 329 g/mol. The summed E-state index contributed by atoms with van der Waals surface area (Å²) < 4.78 is 3.61. The van der Waals surface area contributed by atoms with Crippen LogP contribution in [-0.2, 0) is 11.8 Å². The highest BCUT2D eigenvalue weighted by Gasteiger charge is 2.51. The van der Waals surface area contributed by atoms with Gasteiger partial charge in [-0.25, -0.2) is 4.52 Å². The molecule has 128 valence electrons. The van der Waals surface area contributed by atoms with Gasteiger partial charge in [0.1, 0.15) is 11.2 Å². The molecule has 0 radical (unpaired) electrons. The largest absolute Gasteiger partial charge is 0.342 e. The standard InChI is InChI=1S/C17H23N5O2/c1-3-6-20-7-4-17(16(20)24)5-8-21(12-17)15(23)13-11-18-22-10-9-19(2)14(13)22/h9-11H,3-8,12H2,1-2H3. The molecule has 0 bridgehead atoms. The fraction of sp³-hybridized carbons (Fsp3) is 0.588. The highest BCUT2D eigenvalue weighted by molar-refractivity contribution is 6.00. The van der Waals surface area contributed by atoms with E-state index in [1.54, 1.807) is 10.7 Å². The summed E-state index contributed by atoms with van der Waals surface area (Å²) in [6, 6.07) is 0. The fourth-order valence-corrected chi connectivity index (χ4v) is 4.17. The van der Waals surface area contributed by atoms with Gasteiger partial charge in [0.2, 0.25) is 5.91 Å². The molecule has 1 atom stereocenters. The van der Waals surface area contributed by atoms with Crippen LogP contribution in [0.4, 0.5) is 0 Å². The van der Waals surface area contributed by atoms with E-state index in [2.05, 4.69) is 12.0 Å². The van der Waals surface area contributed by atoms with Crippen molar-refractivity contribution in [1.29, 1.82) is 0 Å². The Labute approximate surface area is 140 Å². The number of aryl methyl sites for hydroxylation is 1. The number of hydrogen-bond acceptors (Lipinski definition) is 3. The number of aromatic nitrogens is 3. The molecule has 0 aromatic carbocycles. The molecular weight excluding hydrogens is 306 g/mol. The van der Waals surface area contributed by atoms with Crippen molar-refractivity contribution in [2.24, 2.45) is 12.5 Å². The minimum absolute atomic E-state index is 0.0228. The van der Waals surface area contributed by atoms with Crippen LogP contribution in [0.15, 0.2) is 18.6 Å². The van der Waals surface area contributed by atoms with E-state index in [0.717, 1.165) is 38.0 Å². The minimum atomic E-state index is -0.356. The molecule has 2 amide bonds. The predicted octanol–water partition coefficient (Wildman–Crippen LogP) is 1.15. The first-order valence-electron chi connectivity index (χ1n) is 8.63. The van der Waals surface area contributed by atoms with Gasteiger partial charge in [-0.15, -0.1) is 0 Å². The van der Waals surface area contributed by atoms with Gasteiger partial charge in [-0.3, -0.25) is 9.59 Å². The number of amides is 2. The van der Waals surface area contributed by atoms with Gasteiger partial charge in [-0.1, -0.05) is 6.92 Å².